The lowest BCUT2D eigenvalue weighted by molar-refractivity contribution is 0.415. The molecule has 0 atom stereocenters. The number of rotatable bonds is 2. The molecule has 0 amide bonds. The fourth-order valence-electron chi connectivity index (χ4n) is 2.51. The molecule has 0 spiro atoms. The van der Waals surface area contributed by atoms with Gasteiger partial charge in [0, 0.05) is 11.6 Å². The number of halogens is 2. The summed E-state index contributed by atoms with van der Waals surface area (Å²) >= 11 is 12.1. The second-order valence-corrected chi connectivity index (χ2v) is 5.75. The number of benzene rings is 3. The molecule has 118 valence electrons. The average Bonchev–Trinajstić information content (AvgIpc) is 2.54. The van der Waals surface area contributed by atoms with Gasteiger partial charge in [-0.1, -0.05) is 35.3 Å². The summed E-state index contributed by atoms with van der Waals surface area (Å²) in [4.78, 5) is 0. The van der Waals surface area contributed by atoms with Gasteiger partial charge in [-0.05, 0) is 29.0 Å². The number of hydrogen-bond acceptors (Lipinski definition) is 4. The first-order valence-electron chi connectivity index (χ1n) is 6.64. The lowest BCUT2D eigenvalue weighted by Gasteiger charge is -2.15. The zero-order chi connectivity index (χ0) is 16.7. The first kappa shape index (κ1) is 15.6. The van der Waals surface area contributed by atoms with Crippen molar-refractivity contribution in [2.24, 2.45) is 0 Å². The van der Waals surface area contributed by atoms with Crippen LogP contribution in [0.1, 0.15) is 0 Å². The number of phenolic OH excluding ortho intramolecular Hbond substituents is 3. The van der Waals surface area contributed by atoms with Gasteiger partial charge in [0.05, 0.1) is 22.7 Å². The highest BCUT2D eigenvalue weighted by Gasteiger charge is 2.22. The number of methoxy groups -OCH3 is 1. The topological polar surface area (TPSA) is 69.9 Å². The van der Waals surface area contributed by atoms with Gasteiger partial charge >= 0.3 is 0 Å². The summed E-state index contributed by atoms with van der Waals surface area (Å²) in [6, 6.07) is 9.65. The minimum absolute atomic E-state index is 0.0630. The molecule has 6 heteroatoms. The summed E-state index contributed by atoms with van der Waals surface area (Å²) in [5.41, 5.74) is 0.328. The van der Waals surface area contributed by atoms with Crippen molar-refractivity contribution >= 4 is 34.0 Å². The van der Waals surface area contributed by atoms with Gasteiger partial charge in [-0.3, -0.25) is 0 Å². The van der Waals surface area contributed by atoms with Gasteiger partial charge in [0.15, 0.2) is 0 Å². The maximum Gasteiger partial charge on any atom is 0.143 e. The fourth-order valence-corrected chi connectivity index (χ4v) is 2.94. The highest BCUT2D eigenvalue weighted by Crippen LogP contribution is 2.50. The van der Waals surface area contributed by atoms with Crippen LogP contribution in [-0.2, 0) is 0 Å². The molecule has 0 heterocycles. The largest absolute Gasteiger partial charge is 0.507 e. The second-order valence-electron chi connectivity index (χ2n) is 4.96. The Bertz CT molecular complexity index is 896. The average molecular weight is 351 g/mol. The Morgan fingerprint density at radius 1 is 0.870 bits per heavy atom. The third kappa shape index (κ3) is 2.50. The maximum absolute atomic E-state index is 10.3. The van der Waals surface area contributed by atoms with E-state index in [1.165, 1.54) is 13.2 Å². The van der Waals surface area contributed by atoms with Crippen molar-refractivity contribution in [3.8, 4) is 34.1 Å². The van der Waals surface area contributed by atoms with Gasteiger partial charge in [-0.25, -0.2) is 0 Å². The van der Waals surface area contributed by atoms with Gasteiger partial charge in [-0.15, -0.1) is 0 Å². The van der Waals surface area contributed by atoms with Crippen LogP contribution in [0.3, 0.4) is 0 Å². The van der Waals surface area contributed by atoms with Crippen LogP contribution in [0, 0.1) is 0 Å². The van der Waals surface area contributed by atoms with Crippen LogP contribution in [0.25, 0.3) is 21.9 Å². The fraction of sp³-hybridized carbons (Fsp3) is 0.0588. The molecule has 0 saturated heterocycles. The van der Waals surface area contributed by atoms with Crippen molar-refractivity contribution in [2.75, 3.05) is 7.11 Å². The molecule has 0 aromatic heterocycles. The maximum atomic E-state index is 10.3. The predicted octanol–water partition coefficient (Wildman–Crippen LogP) is 4.94. The van der Waals surface area contributed by atoms with E-state index in [1.54, 1.807) is 18.2 Å². The number of hydrogen-bond donors (Lipinski definition) is 3. The molecule has 3 aromatic rings. The SMILES string of the molecule is COc1ccc2ccc(O)c(-c3c(O)c(Cl)cc(O)c3Cl)c2c1. The zero-order valence-corrected chi connectivity index (χ0v) is 13.5. The van der Waals surface area contributed by atoms with Crippen LogP contribution in [0.15, 0.2) is 36.4 Å². The smallest absolute Gasteiger partial charge is 0.143 e. The van der Waals surface area contributed by atoms with Gasteiger partial charge in [-0.2, -0.15) is 0 Å². The first-order valence-corrected chi connectivity index (χ1v) is 7.39. The number of phenols is 3. The molecule has 4 nitrogen and oxygen atoms in total. The standard InChI is InChI=1S/C17H12Cl2O4/c1-23-9-4-2-8-3-5-12(20)14(10(8)6-9)15-16(19)13(21)7-11(18)17(15)22/h2-7,20-22H,1H3. The number of fused-ring (bicyclic) bond motifs is 1. The molecule has 0 aliphatic heterocycles. The monoisotopic (exact) mass is 350 g/mol. The molecule has 3 rings (SSSR count). The summed E-state index contributed by atoms with van der Waals surface area (Å²) in [6.07, 6.45) is 0. The molecule has 3 N–H and O–H groups in total. The third-order valence-electron chi connectivity index (χ3n) is 3.63. The van der Waals surface area contributed by atoms with Crippen LogP contribution < -0.4 is 4.74 Å². The summed E-state index contributed by atoms with van der Waals surface area (Å²) in [6.45, 7) is 0. The van der Waals surface area contributed by atoms with Crippen LogP contribution in [0.5, 0.6) is 23.0 Å². The molecular formula is C17H12Cl2O4. The summed E-state index contributed by atoms with van der Waals surface area (Å²) in [5, 5.41) is 31.7. The molecule has 0 aliphatic rings. The summed E-state index contributed by atoms with van der Waals surface area (Å²) < 4.78 is 5.21. The van der Waals surface area contributed by atoms with Crippen LogP contribution in [0.2, 0.25) is 10.0 Å². The summed E-state index contributed by atoms with van der Waals surface area (Å²) in [5.74, 6) is -0.139. The number of aromatic hydroxyl groups is 3. The van der Waals surface area contributed by atoms with E-state index < -0.39 is 0 Å². The minimum Gasteiger partial charge on any atom is -0.507 e. The van der Waals surface area contributed by atoms with Crippen molar-refractivity contribution in [3.05, 3.63) is 46.4 Å². The Balaban J connectivity index is 2.48. The predicted molar refractivity (Wildman–Crippen MR) is 91.0 cm³/mol. The summed E-state index contributed by atoms with van der Waals surface area (Å²) in [7, 11) is 1.53. The Hall–Kier alpha value is -2.30. The second kappa shape index (κ2) is 5.72. The van der Waals surface area contributed by atoms with Gasteiger partial charge in [0.25, 0.3) is 0 Å². The Morgan fingerprint density at radius 3 is 2.26 bits per heavy atom. The molecule has 0 fully saturated rings. The molecular weight excluding hydrogens is 339 g/mol. The van der Waals surface area contributed by atoms with Crippen molar-refractivity contribution in [2.45, 2.75) is 0 Å². The molecule has 0 radical (unpaired) electrons. The Kier molecular flexibility index (Phi) is 3.88. The first-order chi connectivity index (χ1) is 10.9. The van der Waals surface area contributed by atoms with Crippen LogP contribution in [0.4, 0.5) is 0 Å². The molecule has 0 aliphatic carbocycles. The van der Waals surface area contributed by atoms with Gasteiger partial charge in [0.2, 0.25) is 0 Å². The van der Waals surface area contributed by atoms with Crippen molar-refractivity contribution in [1.29, 1.82) is 0 Å². The highest BCUT2D eigenvalue weighted by molar-refractivity contribution is 6.38. The van der Waals surface area contributed by atoms with Crippen molar-refractivity contribution < 1.29 is 20.1 Å². The van der Waals surface area contributed by atoms with E-state index in [0.29, 0.717) is 11.1 Å². The minimum atomic E-state index is -0.319. The van der Waals surface area contributed by atoms with Crippen molar-refractivity contribution in [1.82, 2.24) is 0 Å². The van der Waals surface area contributed by atoms with E-state index >= 15 is 0 Å². The van der Waals surface area contributed by atoms with E-state index in [-0.39, 0.29) is 38.4 Å². The lowest BCUT2D eigenvalue weighted by atomic mass is 9.96. The molecule has 23 heavy (non-hydrogen) atoms. The van der Waals surface area contributed by atoms with Crippen molar-refractivity contribution in [3.63, 3.8) is 0 Å². The quantitative estimate of drug-likeness (QED) is 0.572. The van der Waals surface area contributed by atoms with Crippen LogP contribution >= 0.6 is 23.2 Å². The molecule has 3 aromatic carbocycles. The van der Waals surface area contributed by atoms with Gasteiger partial charge < -0.3 is 20.1 Å². The normalized spacial score (nSPS) is 10.9. The Morgan fingerprint density at radius 2 is 1.57 bits per heavy atom. The van der Waals surface area contributed by atoms with E-state index in [0.717, 1.165) is 11.5 Å². The highest BCUT2D eigenvalue weighted by atomic mass is 35.5. The Labute approximate surface area is 142 Å². The molecule has 0 bridgehead atoms. The molecule has 0 saturated carbocycles. The third-order valence-corrected chi connectivity index (χ3v) is 4.30. The van der Waals surface area contributed by atoms with Gasteiger partial charge in [0.1, 0.15) is 23.0 Å². The molecule has 0 unspecified atom stereocenters. The van der Waals surface area contributed by atoms with Crippen LogP contribution in [-0.4, -0.2) is 22.4 Å². The zero-order valence-electron chi connectivity index (χ0n) is 12.0. The van der Waals surface area contributed by atoms with E-state index in [1.807, 2.05) is 6.07 Å². The number of ether oxygens (including phenoxy) is 1. The van der Waals surface area contributed by atoms with E-state index in [9.17, 15) is 15.3 Å². The van der Waals surface area contributed by atoms with E-state index in [4.69, 9.17) is 27.9 Å². The lowest BCUT2D eigenvalue weighted by Crippen LogP contribution is -1.89. The van der Waals surface area contributed by atoms with E-state index in [2.05, 4.69) is 0 Å².